The molecule has 0 aromatic carbocycles. The van der Waals surface area contributed by atoms with Crippen molar-refractivity contribution in [3.05, 3.63) is 12.2 Å². The predicted molar refractivity (Wildman–Crippen MR) is 39.3 cm³/mol. The lowest BCUT2D eigenvalue weighted by Crippen LogP contribution is -2.04. The van der Waals surface area contributed by atoms with E-state index in [0.717, 1.165) is 6.42 Å². The molecule has 66 valence electrons. The third kappa shape index (κ3) is 7.43. The molecule has 0 saturated carbocycles. The van der Waals surface area contributed by atoms with Crippen molar-refractivity contribution in [1.29, 1.82) is 0 Å². The molecule has 0 radical (unpaired) electrons. The van der Waals surface area contributed by atoms with Gasteiger partial charge in [0, 0.05) is 0 Å². The van der Waals surface area contributed by atoms with Crippen molar-refractivity contribution < 1.29 is 13.2 Å². The molecule has 0 spiro atoms. The Morgan fingerprint density at radius 1 is 1.36 bits per heavy atom. The molecule has 11 heavy (non-hydrogen) atoms. The first-order valence-electron chi connectivity index (χ1n) is 3.69. The molecule has 0 nitrogen and oxygen atoms in total. The molecular weight excluding hydrogens is 153 g/mol. The van der Waals surface area contributed by atoms with Crippen LogP contribution in [-0.4, -0.2) is 6.18 Å². The largest absolute Gasteiger partial charge is 0.392 e. The van der Waals surface area contributed by atoms with Crippen LogP contribution in [0.3, 0.4) is 0 Å². The fourth-order valence-electron chi connectivity index (χ4n) is 0.570. The van der Waals surface area contributed by atoms with Gasteiger partial charge in [0.2, 0.25) is 0 Å². The van der Waals surface area contributed by atoms with Crippen molar-refractivity contribution in [2.75, 3.05) is 0 Å². The topological polar surface area (TPSA) is 0 Å². The van der Waals surface area contributed by atoms with E-state index < -0.39 is 12.6 Å². The molecule has 0 aromatic rings. The summed E-state index contributed by atoms with van der Waals surface area (Å²) in [6, 6.07) is 0. The number of allylic oxidation sites excluding steroid dienone is 2. The van der Waals surface area contributed by atoms with Gasteiger partial charge in [0.05, 0.1) is 6.42 Å². The first-order chi connectivity index (χ1) is 4.95. The second-order valence-electron chi connectivity index (χ2n) is 2.63. The molecule has 0 heterocycles. The first kappa shape index (κ1) is 10.5. The maximum atomic E-state index is 11.6. The highest BCUT2D eigenvalue weighted by molar-refractivity contribution is 4.87. The van der Waals surface area contributed by atoms with E-state index in [9.17, 15) is 13.2 Å². The number of rotatable bonds is 3. The molecule has 0 aliphatic rings. The maximum Gasteiger partial charge on any atom is 0.392 e. The maximum absolute atomic E-state index is 11.6. The van der Waals surface area contributed by atoms with Gasteiger partial charge in [-0.25, -0.2) is 0 Å². The molecule has 3 heteroatoms. The Balaban J connectivity index is 3.60. The summed E-state index contributed by atoms with van der Waals surface area (Å²) in [4.78, 5) is 0. The van der Waals surface area contributed by atoms with Gasteiger partial charge >= 0.3 is 6.18 Å². The lowest BCUT2D eigenvalue weighted by Gasteiger charge is -2.02. The quantitative estimate of drug-likeness (QED) is 0.562. The Labute approximate surface area is 65.1 Å². The van der Waals surface area contributed by atoms with Crippen LogP contribution in [-0.2, 0) is 0 Å². The summed E-state index contributed by atoms with van der Waals surface area (Å²) in [7, 11) is 0. The third-order valence-electron chi connectivity index (χ3n) is 1.46. The zero-order valence-corrected chi connectivity index (χ0v) is 6.78. The molecule has 0 bridgehead atoms. The van der Waals surface area contributed by atoms with E-state index in [-0.39, 0.29) is 5.92 Å². The van der Waals surface area contributed by atoms with Crippen LogP contribution in [0.5, 0.6) is 0 Å². The minimum atomic E-state index is -4.05. The van der Waals surface area contributed by atoms with Crippen LogP contribution in [0.4, 0.5) is 13.2 Å². The third-order valence-corrected chi connectivity index (χ3v) is 1.46. The fourth-order valence-corrected chi connectivity index (χ4v) is 0.570. The molecule has 0 aliphatic carbocycles. The Kier molecular flexibility index (Phi) is 4.23. The van der Waals surface area contributed by atoms with E-state index in [4.69, 9.17) is 0 Å². The SMILES string of the molecule is CCC(C)/C=C\CC(F)(F)F. The van der Waals surface area contributed by atoms with Crippen LogP contribution in [0, 0.1) is 5.92 Å². The molecule has 0 fully saturated rings. The summed E-state index contributed by atoms with van der Waals surface area (Å²) in [6.07, 6.45) is -1.18. The molecular formula is C8H13F3. The van der Waals surface area contributed by atoms with Crippen molar-refractivity contribution in [2.24, 2.45) is 5.92 Å². The van der Waals surface area contributed by atoms with Gasteiger partial charge in [0.1, 0.15) is 0 Å². The zero-order chi connectivity index (χ0) is 8.91. The van der Waals surface area contributed by atoms with Crippen molar-refractivity contribution >= 4 is 0 Å². The van der Waals surface area contributed by atoms with Gasteiger partial charge in [-0.3, -0.25) is 0 Å². The van der Waals surface area contributed by atoms with Crippen LogP contribution in [0.25, 0.3) is 0 Å². The van der Waals surface area contributed by atoms with Crippen molar-refractivity contribution in [3.8, 4) is 0 Å². The predicted octanol–water partition coefficient (Wildman–Crippen LogP) is 3.54. The first-order valence-corrected chi connectivity index (χ1v) is 3.69. The fraction of sp³-hybridized carbons (Fsp3) is 0.750. The minimum absolute atomic E-state index is 0.248. The van der Waals surface area contributed by atoms with E-state index in [1.54, 1.807) is 6.08 Å². The summed E-state index contributed by atoms with van der Waals surface area (Å²) in [5, 5.41) is 0. The van der Waals surface area contributed by atoms with Crippen molar-refractivity contribution in [1.82, 2.24) is 0 Å². The lowest BCUT2D eigenvalue weighted by atomic mass is 10.1. The van der Waals surface area contributed by atoms with Gasteiger partial charge in [-0.2, -0.15) is 13.2 Å². The molecule has 0 rings (SSSR count). The second-order valence-corrected chi connectivity index (χ2v) is 2.63. The number of hydrogen-bond acceptors (Lipinski definition) is 0. The van der Waals surface area contributed by atoms with E-state index in [1.807, 2.05) is 13.8 Å². The van der Waals surface area contributed by atoms with E-state index in [2.05, 4.69) is 0 Å². The van der Waals surface area contributed by atoms with Crippen molar-refractivity contribution in [3.63, 3.8) is 0 Å². The van der Waals surface area contributed by atoms with Crippen LogP contribution in [0.1, 0.15) is 26.7 Å². The monoisotopic (exact) mass is 166 g/mol. The van der Waals surface area contributed by atoms with E-state index >= 15 is 0 Å². The average molecular weight is 166 g/mol. The molecule has 0 aliphatic heterocycles. The molecule has 0 N–H and O–H groups in total. The van der Waals surface area contributed by atoms with Crippen LogP contribution in [0.15, 0.2) is 12.2 Å². The highest BCUT2D eigenvalue weighted by Gasteiger charge is 2.24. The van der Waals surface area contributed by atoms with Crippen LogP contribution >= 0.6 is 0 Å². The zero-order valence-electron chi connectivity index (χ0n) is 6.78. The lowest BCUT2D eigenvalue weighted by molar-refractivity contribution is -0.125. The normalized spacial score (nSPS) is 15.7. The number of halogens is 3. The van der Waals surface area contributed by atoms with Gasteiger partial charge in [0.15, 0.2) is 0 Å². The summed E-state index contributed by atoms with van der Waals surface area (Å²) < 4.78 is 34.7. The standard InChI is InChI=1S/C8H13F3/c1-3-7(2)5-4-6-8(9,10)11/h4-5,7H,3,6H2,1-2H3/b5-4-. The second kappa shape index (κ2) is 4.42. The molecule has 1 atom stereocenters. The summed E-state index contributed by atoms with van der Waals surface area (Å²) in [6.45, 7) is 3.84. The summed E-state index contributed by atoms with van der Waals surface area (Å²) >= 11 is 0. The van der Waals surface area contributed by atoms with Gasteiger partial charge in [-0.05, 0) is 5.92 Å². The van der Waals surface area contributed by atoms with Crippen LogP contribution < -0.4 is 0 Å². The summed E-state index contributed by atoms with van der Waals surface area (Å²) in [5.74, 6) is 0.248. The van der Waals surface area contributed by atoms with E-state index in [0.29, 0.717) is 0 Å². The Morgan fingerprint density at radius 2 is 1.91 bits per heavy atom. The van der Waals surface area contributed by atoms with Crippen molar-refractivity contribution in [2.45, 2.75) is 32.9 Å². The average Bonchev–Trinajstić information content (AvgIpc) is 1.85. The number of hydrogen-bond donors (Lipinski definition) is 0. The molecule has 0 amide bonds. The Hall–Kier alpha value is -0.470. The molecule has 0 saturated heterocycles. The van der Waals surface area contributed by atoms with Gasteiger partial charge < -0.3 is 0 Å². The Morgan fingerprint density at radius 3 is 2.27 bits per heavy atom. The minimum Gasteiger partial charge on any atom is -0.171 e. The summed E-state index contributed by atoms with van der Waals surface area (Å²) in [5.41, 5.74) is 0. The Bertz CT molecular complexity index is 124. The number of alkyl halides is 3. The highest BCUT2D eigenvalue weighted by atomic mass is 19.4. The van der Waals surface area contributed by atoms with Gasteiger partial charge in [0.25, 0.3) is 0 Å². The van der Waals surface area contributed by atoms with Gasteiger partial charge in [-0.15, -0.1) is 0 Å². The smallest absolute Gasteiger partial charge is 0.171 e. The molecule has 0 aromatic heterocycles. The highest BCUT2D eigenvalue weighted by Crippen LogP contribution is 2.20. The van der Waals surface area contributed by atoms with Crippen LogP contribution in [0.2, 0.25) is 0 Å². The van der Waals surface area contributed by atoms with E-state index in [1.165, 1.54) is 6.08 Å². The van der Waals surface area contributed by atoms with Gasteiger partial charge in [-0.1, -0.05) is 32.4 Å². The molecule has 1 unspecified atom stereocenters.